The van der Waals surface area contributed by atoms with Crippen molar-refractivity contribution in [1.29, 1.82) is 0 Å². The van der Waals surface area contributed by atoms with Crippen molar-refractivity contribution in [1.82, 2.24) is 4.72 Å². The van der Waals surface area contributed by atoms with Crippen LogP contribution in [0.2, 0.25) is 0 Å². The first-order chi connectivity index (χ1) is 16.0. The predicted octanol–water partition coefficient (Wildman–Crippen LogP) is 5.12. The number of halogens is 4. The summed E-state index contributed by atoms with van der Waals surface area (Å²) >= 11 is 0. The average Bonchev–Trinajstić information content (AvgIpc) is 2.77. The Bertz CT molecular complexity index is 1370. The Morgan fingerprint density at radius 1 is 0.971 bits per heavy atom. The van der Waals surface area contributed by atoms with Crippen molar-refractivity contribution in [2.24, 2.45) is 0 Å². The lowest BCUT2D eigenvalue weighted by Gasteiger charge is -2.24. The maximum atomic E-state index is 14.4. The minimum absolute atomic E-state index is 0.0146. The number of amides is 1. The van der Waals surface area contributed by atoms with Gasteiger partial charge in [-0.3, -0.25) is 9.52 Å². The van der Waals surface area contributed by atoms with Gasteiger partial charge in [-0.25, -0.2) is 12.8 Å². The van der Waals surface area contributed by atoms with Gasteiger partial charge in [0.15, 0.2) is 0 Å². The summed E-state index contributed by atoms with van der Waals surface area (Å²) in [5.41, 5.74) is 0.889. The van der Waals surface area contributed by atoms with Crippen LogP contribution in [0.4, 0.5) is 17.6 Å². The molecule has 0 aromatic heterocycles. The number of benzene rings is 3. The fraction of sp³-hybridized carbons (Fsp3) is 0.208. The van der Waals surface area contributed by atoms with Crippen molar-refractivity contribution >= 4 is 15.9 Å². The number of hydrogen-bond acceptors (Lipinski definition) is 4. The van der Waals surface area contributed by atoms with Gasteiger partial charge in [-0.2, -0.15) is 13.2 Å². The van der Waals surface area contributed by atoms with Gasteiger partial charge in [-0.05, 0) is 52.6 Å². The van der Waals surface area contributed by atoms with Gasteiger partial charge >= 0.3 is 6.18 Å². The normalized spacial score (nSPS) is 17.8. The van der Waals surface area contributed by atoms with Gasteiger partial charge in [0.25, 0.3) is 0 Å². The van der Waals surface area contributed by atoms with E-state index < -0.39 is 39.4 Å². The van der Waals surface area contributed by atoms with E-state index in [0.29, 0.717) is 28.5 Å². The molecule has 3 aromatic rings. The molecule has 178 valence electrons. The number of methoxy groups -OCH3 is 1. The zero-order valence-corrected chi connectivity index (χ0v) is 18.6. The largest absolute Gasteiger partial charge is 0.496 e. The van der Waals surface area contributed by atoms with Crippen molar-refractivity contribution in [2.45, 2.75) is 18.5 Å². The van der Waals surface area contributed by atoms with Crippen LogP contribution in [0.3, 0.4) is 0 Å². The first kappa shape index (κ1) is 23.7. The van der Waals surface area contributed by atoms with E-state index in [-0.39, 0.29) is 23.3 Å². The Kier molecular flexibility index (Phi) is 6.11. The molecule has 34 heavy (non-hydrogen) atoms. The smallest absolute Gasteiger partial charge is 0.416 e. The van der Waals surface area contributed by atoms with E-state index in [4.69, 9.17) is 4.74 Å². The lowest BCUT2D eigenvalue weighted by Crippen LogP contribution is -2.40. The monoisotopic (exact) mass is 493 g/mol. The molecule has 0 saturated carbocycles. The number of carbonyl (C=O) groups is 1. The van der Waals surface area contributed by atoms with Gasteiger partial charge in [0, 0.05) is 17.9 Å². The molecule has 10 heteroatoms. The number of hydrogen-bond donors (Lipinski definition) is 1. The minimum Gasteiger partial charge on any atom is -0.496 e. The molecule has 5 nitrogen and oxygen atoms in total. The van der Waals surface area contributed by atoms with Gasteiger partial charge in [0.2, 0.25) is 15.9 Å². The van der Waals surface area contributed by atoms with E-state index in [1.54, 1.807) is 36.4 Å². The molecule has 4 rings (SSSR count). The number of sulfonamides is 1. The molecule has 1 aliphatic rings. The molecule has 1 fully saturated rings. The maximum absolute atomic E-state index is 14.4. The van der Waals surface area contributed by atoms with Gasteiger partial charge < -0.3 is 4.74 Å². The standard InChI is InChI=1S/C24H19F4NO4S/c1-33-22-10-15(5-7-19(22)17-11-23(30)29-34(31,32)13-17)14-3-2-4-16(9-14)20-12-18(24(26,27)28)6-8-21(20)25/h2-10,12,17H,11,13H2,1H3,(H,29,30). The topological polar surface area (TPSA) is 72.5 Å². The lowest BCUT2D eigenvalue weighted by atomic mass is 9.92. The van der Waals surface area contributed by atoms with Crippen LogP contribution in [-0.2, 0) is 21.0 Å². The Hall–Kier alpha value is -3.40. The van der Waals surface area contributed by atoms with Crippen LogP contribution in [0.5, 0.6) is 5.75 Å². The van der Waals surface area contributed by atoms with E-state index in [1.165, 1.54) is 13.2 Å². The molecule has 0 spiro atoms. The molecule has 0 bridgehead atoms. The van der Waals surface area contributed by atoms with Crippen LogP contribution in [0.1, 0.15) is 23.5 Å². The molecule has 1 N–H and O–H groups in total. The number of nitrogens with one attached hydrogen (secondary N) is 1. The zero-order valence-electron chi connectivity index (χ0n) is 17.8. The molecule has 0 aliphatic carbocycles. The number of carbonyl (C=O) groups excluding carboxylic acids is 1. The molecule has 0 radical (unpaired) electrons. The van der Waals surface area contributed by atoms with Crippen LogP contribution >= 0.6 is 0 Å². The summed E-state index contributed by atoms with van der Waals surface area (Å²) in [5, 5.41) is 0. The second kappa shape index (κ2) is 8.75. The molecule has 1 unspecified atom stereocenters. The molecule has 1 aliphatic heterocycles. The van der Waals surface area contributed by atoms with Crippen LogP contribution in [0.25, 0.3) is 22.3 Å². The summed E-state index contributed by atoms with van der Waals surface area (Å²) in [5.74, 6) is -1.87. The van der Waals surface area contributed by atoms with E-state index in [0.717, 1.165) is 12.1 Å². The van der Waals surface area contributed by atoms with E-state index in [9.17, 15) is 30.8 Å². The first-order valence-electron chi connectivity index (χ1n) is 10.2. The summed E-state index contributed by atoms with van der Waals surface area (Å²) in [6.45, 7) is 0. The zero-order chi connectivity index (χ0) is 24.7. The predicted molar refractivity (Wildman–Crippen MR) is 118 cm³/mol. The SMILES string of the molecule is COc1cc(-c2cccc(-c3cc(C(F)(F)F)ccc3F)c2)ccc1C1CC(=O)NS(=O)(=O)C1. The Labute approximate surface area is 193 Å². The fourth-order valence-corrected chi connectivity index (χ4v) is 5.36. The molecular weight excluding hydrogens is 474 g/mol. The molecule has 1 heterocycles. The van der Waals surface area contributed by atoms with Gasteiger partial charge in [-0.15, -0.1) is 0 Å². The number of ether oxygens (including phenoxy) is 1. The van der Waals surface area contributed by atoms with E-state index >= 15 is 0 Å². The Morgan fingerprint density at radius 2 is 1.68 bits per heavy atom. The Balaban J connectivity index is 1.72. The molecule has 1 atom stereocenters. The molecule has 1 saturated heterocycles. The summed E-state index contributed by atoms with van der Waals surface area (Å²) in [6.07, 6.45) is -4.62. The molecule has 3 aromatic carbocycles. The summed E-state index contributed by atoms with van der Waals surface area (Å²) in [4.78, 5) is 11.8. The molecule has 1 amide bonds. The number of rotatable bonds is 4. The van der Waals surface area contributed by atoms with Crippen molar-refractivity contribution in [3.63, 3.8) is 0 Å². The van der Waals surface area contributed by atoms with Gasteiger partial charge in [0.05, 0.1) is 18.4 Å². The van der Waals surface area contributed by atoms with Crippen molar-refractivity contribution in [3.05, 3.63) is 77.6 Å². The summed E-state index contributed by atoms with van der Waals surface area (Å²) in [6, 6.07) is 13.6. The quantitative estimate of drug-likeness (QED) is 0.512. The van der Waals surface area contributed by atoms with E-state index in [1.807, 2.05) is 4.72 Å². The fourth-order valence-electron chi connectivity index (χ4n) is 4.02. The van der Waals surface area contributed by atoms with E-state index in [2.05, 4.69) is 0 Å². The second-order valence-electron chi connectivity index (χ2n) is 7.94. The van der Waals surface area contributed by atoms with Crippen LogP contribution in [0, 0.1) is 5.82 Å². The number of alkyl halides is 3. The Morgan fingerprint density at radius 3 is 2.35 bits per heavy atom. The average molecular weight is 493 g/mol. The third-order valence-electron chi connectivity index (χ3n) is 5.60. The van der Waals surface area contributed by atoms with Crippen LogP contribution in [-0.4, -0.2) is 27.2 Å². The second-order valence-corrected chi connectivity index (χ2v) is 9.70. The van der Waals surface area contributed by atoms with Crippen LogP contribution in [0.15, 0.2) is 60.7 Å². The van der Waals surface area contributed by atoms with Crippen molar-refractivity contribution in [2.75, 3.05) is 12.9 Å². The highest BCUT2D eigenvalue weighted by Crippen LogP contribution is 2.37. The van der Waals surface area contributed by atoms with Crippen LogP contribution < -0.4 is 9.46 Å². The first-order valence-corrected chi connectivity index (χ1v) is 11.8. The highest BCUT2D eigenvalue weighted by atomic mass is 32.2. The highest BCUT2D eigenvalue weighted by Gasteiger charge is 2.33. The highest BCUT2D eigenvalue weighted by molar-refractivity contribution is 7.90. The van der Waals surface area contributed by atoms with Gasteiger partial charge in [0.1, 0.15) is 11.6 Å². The minimum atomic E-state index is -4.60. The van der Waals surface area contributed by atoms with Gasteiger partial charge in [-0.1, -0.05) is 30.3 Å². The third-order valence-corrected chi connectivity index (χ3v) is 6.98. The maximum Gasteiger partial charge on any atom is 0.416 e. The summed E-state index contributed by atoms with van der Waals surface area (Å²) in [7, 11) is -2.33. The molecular formula is C24H19F4NO4S. The summed E-state index contributed by atoms with van der Waals surface area (Å²) < 4.78 is 85.0. The third kappa shape index (κ3) is 4.91. The lowest BCUT2D eigenvalue weighted by molar-refractivity contribution is -0.137. The van der Waals surface area contributed by atoms with Crippen molar-refractivity contribution < 1.29 is 35.5 Å². The van der Waals surface area contributed by atoms with Crippen molar-refractivity contribution in [3.8, 4) is 28.0 Å².